The van der Waals surface area contributed by atoms with E-state index in [1.54, 1.807) is 5.38 Å². The van der Waals surface area contributed by atoms with Crippen LogP contribution < -0.4 is 19.5 Å². The number of hydrogen-bond donors (Lipinski definition) is 1. The monoisotopic (exact) mass is 406 g/mol. The van der Waals surface area contributed by atoms with E-state index in [4.69, 9.17) is 14.2 Å². The Morgan fingerprint density at radius 1 is 1.00 bits per heavy atom. The fourth-order valence-electron chi connectivity index (χ4n) is 2.50. The van der Waals surface area contributed by atoms with Gasteiger partial charge in [0.1, 0.15) is 0 Å². The zero-order chi connectivity index (χ0) is 20.3. The first-order valence-electron chi connectivity index (χ1n) is 7.99. The molecule has 0 bridgehead atoms. The molecule has 1 N–H and O–H groups in total. The number of halogens is 2. The van der Waals surface area contributed by atoms with E-state index in [1.807, 2.05) is 0 Å². The molecule has 0 spiro atoms. The number of thiazole rings is 1. The lowest BCUT2D eigenvalue weighted by Crippen LogP contribution is -2.12. The van der Waals surface area contributed by atoms with Gasteiger partial charge in [0.25, 0.3) is 5.91 Å². The first kappa shape index (κ1) is 19.6. The molecule has 0 radical (unpaired) electrons. The summed E-state index contributed by atoms with van der Waals surface area (Å²) in [6, 6.07) is 6.52. The van der Waals surface area contributed by atoms with Gasteiger partial charge in [-0.1, -0.05) is 0 Å². The van der Waals surface area contributed by atoms with Gasteiger partial charge in [0.05, 0.1) is 27.0 Å². The summed E-state index contributed by atoms with van der Waals surface area (Å²) in [7, 11) is 4.37. The number of nitrogens with one attached hydrogen (secondary N) is 1. The summed E-state index contributed by atoms with van der Waals surface area (Å²) >= 11 is 1.16. The van der Waals surface area contributed by atoms with E-state index >= 15 is 0 Å². The minimum absolute atomic E-state index is 0.277. The van der Waals surface area contributed by atoms with E-state index in [9.17, 15) is 13.6 Å². The molecule has 6 nitrogen and oxygen atoms in total. The van der Waals surface area contributed by atoms with Crippen LogP contribution in [0.3, 0.4) is 0 Å². The van der Waals surface area contributed by atoms with Crippen molar-refractivity contribution >= 4 is 22.4 Å². The zero-order valence-corrected chi connectivity index (χ0v) is 16.0. The van der Waals surface area contributed by atoms with Crippen LogP contribution in [0.2, 0.25) is 0 Å². The van der Waals surface area contributed by atoms with E-state index in [0.29, 0.717) is 33.6 Å². The number of aromatic nitrogens is 1. The molecule has 1 heterocycles. The Morgan fingerprint density at radius 3 is 2.25 bits per heavy atom. The number of benzene rings is 2. The molecule has 0 aliphatic carbocycles. The highest BCUT2D eigenvalue weighted by Crippen LogP contribution is 2.38. The lowest BCUT2D eigenvalue weighted by atomic mass is 10.1. The normalized spacial score (nSPS) is 10.5. The molecule has 0 unspecified atom stereocenters. The predicted octanol–water partition coefficient (Wildman–Crippen LogP) is 4.37. The van der Waals surface area contributed by atoms with Crippen molar-refractivity contribution in [1.29, 1.82) is 0 Å². The fraction of sp³-hybridized carbons (Fsp3) is 0.158. The topological polar surface area (TPSA) is 69.7 Å². The molecule has 0 aliphatic rings. The third-order valence-corrected chi connectivity index (χ3v) is 4.62. The number of carbonyl (C=O) groups is 1. The summed E-state index contributed by atoms with van der Waals surface area (Å²) in [6.45, 7) is 0. The first-order valence-corrected chi connectivity index (χ1v) is 8.87. The lowest BCUT2D eigenvalue weighted by molar-refractivity contribution is 0.102. The molecule has 0 aliphatic heterocycles. The average molecular weight is 406 g/mol. The van der Waals surface area contributed by atoms with Crippen LogP contribution in [0.1, 0.15) is 10.4 Å². The maximum absolute atomic E-state index is 13.4. The number of nitrogens with zero attached hydrogens (tertiary/aromatic N) is 1. The summed E-state index contributed by atoms with van der Waals surface area (Å²) in [5.41, 5.74) is 1.10. The number of rotatable bonds is 6. The molecule has 28 heavy (non-hydrogen) atoms. The van der Waals surface area contributed by atoms with E-state index in [1.165, 1.54) is 39.5 Å². The summed E-state index contributed by atoms with van der Waals surface area (Å²) in [4.78, 5) is 16.8. The highest BCUT2D eigenvalue weighted by molar-refractivity contribution is 7.14. The van der Waals surface area contributed by atoms with Crippen LogP contribution in [-0.4, -0.2) is 32.2 Å². The highest BCUT2D eigenvalue weighted by atomic mass is 32.1. The van der Waals surface area contributed by atoms with Crippen molar-refractivity contribution in [2.45, 2.75) is 0 Å². The van der Waals surface area contributed by atoms with Crippen molar-refractivity contribution < 1.29 is 27.8 Å². The van der Waals surface area contributed by atoms with Crippen molar-refractivity contribution in [2.24, 2.45) is 0 Å². The van der Waals surface area contributed by atoms with Crippen molar-refractivity contribution in [2.75, 3.05) is 26.6 Å². The van der Waals surface area contributed by atoms with Gasteiger partial charge in [-0.15, -0.1) is 11.3 Å². The molecule has 1 aromatic heterocycles. The standard InChI is InChI=1S/C19H16F2N2O4S/c1-25-15-7-11(8-16(26-2)17(15)27-3)18(24)23-19-22-14(9-28-19)10-4-5-12(20)13(21)6-10/h4-9H,1-3H3,(H,22,23,24). The van der Waals surface area contributed by atoms with Gasteiger partial charge in [-0.25, -0.2) is 13.8 Å². The molecule has 0 saturated heterocycles. The van der Waals surface area contributed by atoms with E-state index in [2.05, 4.69) is 10.3 Å². The van der Waals surface area contributed by atoms with E-state index in [0.717, 1.165) is 23.5 Å². The fourth-order valence-corrected chi connectivity index (χ4v) is 3.22. The van der Waals surface area contributed by atoms with Crippen molar-refractivity contribution in [3.8, 4) is 28.5 Å². The number of anilines is 1. The second-order valence-electron chi connectivity index (χ2n) is 5.53. The Morgan fingerprint density at radius 2 is 1.68 bits per heavy atom. The molecule has 146 valence electrons. The molecule has 0 fully saturated rings. The largest absolute Gasteiger partial charge is 0.493 e. The van der Waals surface area contributed by atoms with Crippen molar-refractivity contribution in [3.05, 3.63) is 52.9 Å². The van der Waals surface area contributed by atoms with E-state index in [-0.39, 0.29) is 5.56 Å². The number of ether oxygens (including phenoxy) is 3. The van der Waals surface area contributed by atoms with Gasteiger partial charge in [0, 0.05) is 16.5 Å². The van der Waals surface area contributed by atoms with Crippen LogP contribution in [0.15, 0.2) is 35.7 Å². The van der Waals surface area contributed by atoms with Gasteiger partial charge < -0.3 is 14.2 Å². The summed E-state index contributed by atoms with van der Waals surface area (Å²) in [6.07, 6.45) is 0. The molecule has 0 saturated carbocycles. The molecule has 9 heteroatoms. The quantitative estimate of drug-likeness (QED) is 0.659. The Bertz CT molecular complexity index is 998. The second kappa shape index (κ2) is 8.22. The Balaban J connectivity index is 1.84. The van der Waals surface area contributed by atoms with Gasteiger partial charge in [0.15, 0.2) is 28.3 Å². The predicted molar refractivity (Wildman–Crippen MR) is 102 cm³/mol. The van der Waals surface area contributed by atoms with Crippen LogP contribution in [0.25, 0.3) is 11.3 Å². The average Bonchev–Trinajstić information content (AvgIpc) is 3.17. The van der Waals surface area contributed by atoms with Crippen LogP contribution in [0.4, 0.5) is 13.9 Å². The van der Waals surface area contributed by atoms with Crippen LogP contribution >= 0.6 is 11.3 Å². The van der Waals surface area contributed by atoms with E-state index < -0.39 is 17.5 Å². The van der Waals surface area contributed by atoms with Crippen LogP contribution in [0, 0.1) is 11.6 Å². The third kappa shape index (κ3) is 3.89. The number of methoxy groups -OCH3 is 3. The molecule has 2 aromatic carbocycles. The minimum Gasteiger partial charge on any atom is -0.493 e. The molecule has 1 amide bonds. The highest BCUT2D eigenvalue weighted by Gasteiger charge is 2.18. The zero-order valence-electron chi connectivity index (χ0n) is 15.2. The first-order chi connectivity index (χ1) is 13.5. The van der Waals surface area contributed by atoms with Gasteiger partial charge in [-0.2, -0.15) is 0 Å². The number of carbonyl (C=O) groups excluding carboxylic acids is 1. The van der Waals surface area contributed by atoms with Crippen molar-refractivity contribution in [1.82, 2.24) is 4.98 Å². The summed E-state index contributed by atoms with van der Waals surface area (Å²) in [5, 5.41) is 4.60. The Kier molecular flexibility index (Phi) is 5.74. The Labute approximate surface area is 163 Å². The summed E-state index contributed by atoms with van der Waals surface area (Å²) in [5.74, 6) is -1.28. The van der Waals surface area contributed by atoms with Crippen LogP contribution in [-0.2, 0) is 0 Å². The van der Waals surface area contributed by atoms with Crippen molar-refractivity contribution in [3.63, 3.8) is 0 Å². The van der Waals surface area contributed by atoms with Gasteiger partial charge >= 0.3 is 0 Å². The molecule has 0 atom stereocenters. The summed E-state index contributed by atoms with van der Waals surface area (Å²) < 4.78 is 42.2. The molecular weight excluding hydrogens is 390 g/mol. The molecule has 3 aromatic rings. The lowest BCUT2D eigenvalue weighted by Gasteiger charge is -2.13. The van der Waals surface area contributed by atoms with Gasteiger partial charge in [0.2, 0.25) is 5.75 Å². The molecule has 3 rings (SSSR count). The third-order valence-electron chi connectivity index (χ3n) is 3.87. The van der Waals surface area contributed by atoms with Crippen LogP contribution in [0.5, 0.6) is 17.2 Å². The van der Waals surface area contributed by atoms with Gasteiger partial charge in [-0.05, 0) is 30.3 Å². The smallest absolute Gasteiger partial charge is 0.257 e. The van der Waals surface area contributed by atoms with Gasteiger partial charge in [-0.3, -0.25) is 10.1 Å². The number of hydrogen-bond acceptors (Lipinski definition) is 6. The Hall–Kier alpha value is -3.20. The maximum Gasteiger partial charge on any atom is 0.257 e. The number of amides is 1. The second-order valence-corrected chi connectivity index (χ2v) is 6.39. The SMILES string of the molecule is COc1cc(C(=O)Nc2nc(-c3ccc(F)c(F)c3)cs2)cc(OC)c1OC. The molecular formula is C19H16F2N2O4S. The maximum atomic E-state index is 13.4. The minimum atomic E-state index is -0.964.